The fraction of sp³-hybridized carbons (Fsp3) is 0.417. The molecular formula is C24H30N4O5S. The molecule has 0 bridgehead atoms. The Hall–Kier alpha value is -2.63. The van der Waals surface area contributed by atoms with Crippen LogP contribution in [0.2, 0.25) is 0 Å². The van der Waals surface area contributed by atoms with Crippen LogP contribution in [0.1, 0.15) is 32.9 Å². The van der Waals surface area contributed by atoms with E-state index in [0.717, 1.165) is 13.1 Å². The molecule has 10 heteroatoms. The number of nitrogens with zero attached hydrogens (tertiary/aromatic N) is 1. The number of hydrogen-bond acceptors (Lipinski definition) is 6. The van der Waals surface area contributed by atoms with Gasteiger partial charge in [0.1, 0.15) is 6.26 Å². The predicted molar refractivity (Wildman–Crippen MR) is 131 cm³/mol. The first-order valence-corrected chi connectivity index (χ1v) is 12.8. The van der Waals surface area contributed by atoms with E-state index in [1.807, 2.05) is 6.92 Å². The van der Waals surface area contributed by atoms with Crippen LogP contribution in [-0.2, 0) is 20.7 Å². The highest BCUT2D eigenvalue weighted by atomic mass is 32.2. The quantitative estimate of drug-likeness (QED) is 0.345. The molecule has 3 heterocycles. The van der Waals surface area contributed by atoms with Crippen LogP contribution in [0.3, 0.4) is 0 Å². The first-order valence-electron chi connectivity index (χ1n) is 11.2. The van der Waals surface area contributed by atoms with Crippen molar-refractivity contribution in [3.05, 3.63) is 46.3 Å². The third kappa shape index (κ3) is 5.21. The van der Waals surface area contributed by atoms with Gasteiger partial charge >= 0.3 is 0 Å². The Bertz CT molecular complexity index is 1120. The largest absolute Gasteiger partial charge is 0.612 e. The average Bonchev–Trinajstić information content (AvgIpc) is 3.27. The number of carbonyl (C=O) groups is 2. The lowest BCUT2D eigenvalue weighted by atomic mass is 10.0. The van der Waals surface area contributed by atoms with Crippen molar-refractivity contribution in [1.82, 2.24) is 15.2 Å². The Balaban J connectivity index is 1.49. The van der Waals surface area contributed by atoms with E-state index < -0.39 is 17.3 Å². The van der Waals surface area contributed by atoms with E-state index >= 15 is 0 Å². The number of aryl methyl sites for hydroxylation is 1. The van der Waals surface area contributed by atoms with Gasteiger partial charge in [0.15, 0.2) is 4.90 Å². The maximum absolute atomic E-state index is 12.9. The van der Waals surface area contributed by atoms with Crippen molar-refractivity contribution in [3.63, 3.8) is 0 Å². The zero-order valence-corrected chi connectivity index (χ0v) is 20.4. The Morgan fingerprint density at radius 3 is 2.79 bits per heavy atom. The van der Waals surface area contributed by atoms with Crippen molar-refractivity contribution in [1.29, 1.82) is 0 Å². The number of rotatable bonds is 7. The molecule has 0 radical (unpaired) electrons. The summed E-state index contributed by atoms with van der Waals surface area (Å²) in [6, 6.07) is 5.24. The van der Waals surface area contributed by atoms with Gasteiger partial charge in [0.05, 0.1) is 30.5 Å². The van der Waals surface area contributed by atoms with Crippen molar-refractivity contribution in [3.8, 4) is 0 Å². The molecule has 2 atom stereocenters. The Labute approximate surface area is 201 Å². The maximum atomic E-state index is 12.9. The molecule has 0 spiro atoms. The topological polar surface area (TPSA) is 130 Å². The van der Waals surface area contributed by atoms with E-state index in [4.69, 9.17) is 4.74 Å². The Morgan fingerprint density at radius 2 is 2.09 bits per heavy atom. The SMILES string of the molecule is Cc1[nH]c(/C=C2\C(=O)Nc3ccc([S+](C)[O-])cc32)c(C)c1C(=O)NCC(O)CN1CCOCC1. The van der Waals surface area contributed by atoms with Crippen LogP contribution in [0.5, 0.6) is 0 Å². The minimum atomic E-state index is -1.17. The fourth-order valence-electron chi connectivity index (χ4n) is 4.34. The number of anilines is 1. The molecule has 1 fully saturated rings. The van der Waals surface area contributed by atoms with E-state index in [9.17, 15) is 19.2 Å². The van der Waals surface area contributed by atoms with Crippen LogP contribution < -0.4 is 10.6 Å². The number of benzene rings is 1. The predicted octanol–water partition coefficient (Wildman–Crippen LogP) is 1.28. The number of aromatic nitrogens is 1. The van der Waals surface area contributed by atoms with E-state index in [-0.39, 0.29) is 18.4 Å². The normalized spacial score (nSPS) is 19.1. The van der Waals surface area contributed by atoms with Crippen LogP contribution in [0.25, 0.3) is 11.6 Å². The number of carbonyl (C=O) groups excluding carboxylic acids is 2. The number of hydrogen-bond donors (Lipinski definition) is 4. The molecule has 2 aliphatic heterocycles. The summed E-state index contributed by atoms with van der Waals surface area (Å²) in [5.74, 6) is -0.533. The first kappa shape index (κ1) is 24.5. The minimum absolute atomic E-state index is 0.142. The molecular weight excluding hydrogens is 456 g/mol. The zero-order chi connectivity index (χ0) is 24.4. The van der Waals surface area contributed by atoms with Crippen molar-refractivity contribution in [2.24, 2.45) is 0 Å². The van der Waals surface area contributed by atoms with Crippen molar-refractivity contribution in [2.75, 3.05) is 51.0 Å². The molecule has 2 unspecified atom stereocenters. The van der Waals surface area contributed by atoms with Gasteiger partial charge in [0.2, 0.25) is 0 Å². The van der Waals surface area contributed by atoms with Crippen LogP contribution in [-0.4, -0.2) is 83.1 Å². The summed E-state index contributed by atoms with van der Waals surface area (Å²) in [7, 11) is 0. The molecule has 2 aliphatic rings. The second-order valence-corrected chi connectivity index (χ2v) is 9.99. The number of aromatic amines is 1. The number of nitrogens with one attached hydrogen (secondary N) is 3. The van der Waals surface area contributed by atoms with Gasteiger partial charge in [0, 0.05) is 54.9 Å². The summed E-state index contributed by atoms with van der Waals surface area (Å²) in [5.41, 5.74) is 4.32. The lowest BCUT2D eigenvalue weighted by molar-refractivity contribution is -0.110. The van der Waals surface area contributed by atoms with Crippen LogP contribution in [0.4, 0.5) is 5.69 Å². The number of β-amino-alcohol motifs (C(OH)–C–C–N with tert-alkyl or cyclic N) is 1. The number of fused-ring (bicyclic) bond motifs is 1. The molecule has 34 heavy (non-hydrogen) atoms. The Kier molecular flexibility index (Phi) is 7.44. The summed E-state index contributed by atoms with van der Waals surface area (Å²) in [6.07, 6.45) is 2.63. The number of amides is 2. The summed E-state index contributed by atoms with van der Waals surface area (Å²) < 4.78 is 17.2. The smallest absolute Gasteiger partial charge is 0.256 e. The Morgan fingerprint density at radius 1 is 1.35 bits per heavy atom. The van der Waals surface area contributed by atoms with Gasteiger partial charge in [0.25, 0.3) is 11.8 Å². The number of aliphatic hydroxyl groups is 1. The number of aliphatic hydroxyl groups excluding tert-OH is 1. The van der Waals surface area contributed by atoms with Gasteiger partial charge in [-0.05, 0) is 48.8 Å². The van der Waals surface area contributed by atoms with Crippen molar-refractivity contribution < 1.29 is 24.0 Å². The average molecular weight is 487 g/mol. The standard InChI is InChI=1S/C24H30N4O5S/c1-14-21(11-19-18-10-17(34(3)32)4-5-20(18)27-23(19)30)26-15(2)22(14)24(31)25-12-16(29)13-28-6-8-33-9-7-28/h4-5,10-11,16,26,29H,6-9,12-13H2,1-3H3,(H,25,31)(H,27,30)/b19-11-. The van der Waals surface area contributed by atoms with Gasteiger partial charge in [-0.1, -0.05) is 0 Å². The zero-order valence-electron chi connectivity index (χ0n) is 19.6. The van der Waals surface area contributed by atoms with Crippen LogP contribution in [0.15, 0.2) is 23.1 Å². The first-order chi connectivity index (χ1) is 16.2. The van der Waals surface area contributed by atoms with E-state index in [1.54, 1.807) is 37.5 Å². The van der Waals surface area contributed by atoms with Gasteiger partial charge < -0.3 is 30.0 Å². The van der Waals surface area contributed by atoms with Gasteiger partial charge in [-0.15, -0.1) is 0 Å². The molecule has 182 valence electrons. The lowest BCUT2D eigenvalue weighted by Gasteiger charge is -2.28. The summed E-state index contributed by atoms with van der Waals surface area (Å²) in [4.78, 5) is 31.5. The molecule has 1 aromatic heterocycles. The molecule has 0 saturated carbocycles. The monoisotopic (exact) mass is 486 g/mol. The molecule has 0 aliphatic carbocycles. The van der Waals surface area contributed by atoms with Crippen LogP contribution >= 0.6 is 0 Å². The summed E-state index contributed by atoms with van der Waals surface area (Å²) >= 11 is -1.17. The minimum Gasteiger partial charge on any atom is -0.612 e. The van der Waals surface area contributed by atoms with Crippen molar-refractivity contribution in [2.45, 2.75) is 24.8 Å². The van der Waals surface area contributed by atoms with Crippen LogP contribution in [0, 0.1) is 13.8 Å². The van der Waals surface area contributed by atoms with E-state index in [0.29, 0.717) is 64.0 Å². The summed E-state index contributed by atoms with van der Waals surface area (Å²) in [6.45, 7) is 7.08. The highest BCUT2D eigenvalue weighted by Crippen LogP contribution is 2.35. The third-order valence-corrected chi connectivity index (χ3v) is 7.09. The summed E-state index contributed by atoms with van der Waals surface area (Å²) in [5, 5.41) is 16.0. The molecule has 1 aromatic carbocycles. The molecule has 2 aromatic rings. The highest BCUT2D eigenvalue weighted by Gasteiger charge is 2.27. The molecule has 4 N–H and O–H groups in total. The van der Waals surface area contributed by atoms with Gasteiger partial charge in [-0.25, -0.2) is 0 Å². The molecule has 2 amide bonds. The third-order valence-electron chi connectivity index (χ3n) is 6.17. The second kappa shape index (κ2) is 10.3. The van der Waals surface area contributed by atoms with E-state index in [1.165, 1.54) is 0 Å². The number of H-pyrrole nitrogens is 1. The lowest BCUT2D eigenvalue weighted by Crippen LogP contribution is -2.44. The maximum Gasteiger partial charge on any atom is 0.256 e. The van der Waals surface area contributed by atoms with Crippen molar-refractivity contribution >= 4 is 40.3 Å². The fourth-order valence-corrected chi connectivity index (χ4v) is 4.88. The molecule has 9 nitrogen and oxygen atoms in total. The number of ether oxygens (including phenoxy) is 1. The number of morpholine rings is 1. The highest BCUT2D eigenvalue weighted by molar-refractivity contribution is 7.90. The van der Waals surface area contributed by atoms with Gasteiger partial charge in [-0.2, -0.15) is 0 Å². The molecule has 1 saturated heterocycles. The van der Waals surface area contributed by atoms with E-state index in [2.05, 4.69) is 20.5 Å². The second-order valence-electron chi connectivity index (χ2n) is 8.61. The molecule has 4 rings (SSSR count). The van der Waals surface area contributed by atoms with Gasteiger partial charge in [-0.3, -0.25) is 14.5 Å².